The molecule has 0 bridgehead atoms. The third-order valence-corrected chi connectivity index (χ3v) is 3.99. The second kappa shape index (κ2) is 10.7. The second-order valence-corrected chi connectivity index (χ2v) is 6.33. The highest BCUT2D eigenvalue weighted by Gasteiger charge is 2.25. The lowest BCUT2D eigenvalue weighted by molar-refractivity contribution is -0.133. The highest BCUT2D eigenvalue weighted by atomic mass is 16.5. The van der Waals surface area contributed by atoms with Gasteiger partial charge in [-0.1, -0.05) is 17.9 Å². The van der Waals surface area contributed by atoms with Crippen molar-refractivity contribution < 1.29 is 24.7 Å². The minimum atomic E-state index is -1.30. The van der Waals surface area contributed by atoms with E-state index in [0.29, 0.717) is 16.8 Å². The number of nitrogens with two attached hydrogens (primary N) is 1. The van der Waals surface area contributed by atoms with Crippen molar-refractivity contribution in [2.45, 2.75) is 19.1 Å². The van der Waals surface area contributed by atoms with Crippen molar-refractivity contribution in [1.29, 1.82) is 0 Å². The van der Waals surface area contributed by atoms with Crippen LogP contribution in [0.15, 0.2) is 48.5 Å². The Morgan fingerprint density at radius 2 is 1.73 bits per heavy atom. The van der Waals surface area contributed by atoms with E-state index >= 15 is 0 Å². The highest BCUT2D eigenvalue weighted by Crippen LogP contribution is 2.10. The number of anilines is 1. The maximum absolute atomic E-state index is 12.3. The van der Waals surface area contributed by atoms with E-state index in [1.54, 1.807) is 36.4 Å². The van der Waals surface area contributed by atoms with Gasteiger partial charge in [0.1, 0.15) is 6.04 Å². The normalized spacial score (nSPS) is 12.0. The van der Waals surface area contributed by atoms with E-state index in [0.717, 1.165) is 0 Å². The Labute approximate surface area is 173 Å². The van der Waals surface area contributed by atoms with Gasteiger partial charge >= 0.3 is 0 Å². The van der Waals surface area contributed by atoms with Crippen LogP contribution >= 0.6 is 0 Å². The smallest absolute Gasteiger partial charge is 0.268 e. The number of nitrogens with one attached hydrogen (secondary N) is 3. The van der Waals surface area contributed by atoms with Crippen LogP contribution in [0.1, 0.15) is 28.4 Å². The molecule has 2 atom stereocenters. The van der Waals surface area contributed by atoms with E-state index in [-0.39, 0.29) is 18.0 Å². The summed E-state index contributed by atoms with van der Waals surface area (Å²) in [6.45, 7) is 1.20. The third kappa shape index (κ3) is 6.42. The van der Waals surface area contributed by atoms with E-state index in [1.807, 2.05) is 0 Å². The first-order valence-corrected chi connectivity index (χ1v) is 8.99. The standard InChI is InChI=1S/C21H22N4O5/c1-13(26)19(21(29)25-30)24-20(28)16-9-7-14(8-10-16)5-6-15-3-2-4-17(11-15)23-18(27)12-22/h2-4,7-11,13,19,26,30H,12,22H2,1H3,(H,23,27)(H,24,28)(H,25,29)/t13-,19+/m1/s1. The monoisotopic (exact) mass is 410 g/mol. The van der Waals surface area contributed by atoms with Crippen LogP contribution in [-0.2, 0) is 9.59 Å². The fraction of sp³-hybridized carbons (Fsp3) is 0.190. The molecule has 0 heterocycles. The van der Waals surface area contributed by atoms with Crippen LogP contribution in [0.2, 0.25) is 0 Å². The molecule has 7 N–H and O–H groups in total. The Bertz CT molecular complexity index is 977. The molecule has 0 radical (unpaired) electrons. The molecule has 0 aromatic heterocycles. The van der Waals surface area contributed by atoms with Gasteiger partial charge in [-0.05, 0) is 49.4 Å². The first-order valence-electron chi connectivity index (χ1n) is 8.99. The molecule has 156 valence electrons. The van der Waals surface area contributed by atoms with Gasteiger partial charge in [0, 0.05) is 22.4 Å². The molecule has 0 aliphatic rings. The van der Waals surface area contributed by atoms with E-state index in [9.17, 15) is 19.5 Å². The summed E-state index contributed by atoms with van der Waals surface area (Å²) in [5.74, 6) is 4.10. The average Bonchev–Trinajstić information content (AvgIpc) is 2.75. The van der Waals surface area contributed by atoms with Gasteiger partial charge in [-0.25, -0.2) is 5.48 Å². The van der Waals surface area contributed by atoms with Crippen molar-refractivity contribution in [2.75, 3.05) is 11.9 Å². The molecule has 9 nitrogen and oxygen atoms in total. The number of hydrogen-bond donors (Lipinski definition) is 6. The van der Waals surface area contributed by atoms with Crippen molar-refractivity contribution in [3.63, 3.8) is 0 Å². The Balaban J connectivity index is 2.08. The van der Waals surface area contributed by atoms with Gasteiger partial charge < -0.3 is 21.5 Å². The Hall–Kier alpha value is -3.71. The zero-order valence-electron chi connectivity index (χ0n) is 16.2. The van der Waals surface area contributed by atoms with Gasteiger partial charge in [0.15, 0.2) is 0 Å². The van der Waals surface area contributed by atoms with Crippen molar-refractivity contribution in [2.24, 2.45) is 5.73 Å². The molecule has 0 fully saturated rings. The number of benzene rings is 2. The number of rotatable bonds is 6. The minimum absolute atomic E-state index is 0.113. The van der Waals surface area contributed by atoms with E-state index in [2.05, 4.69) is 22.5 Å². The molecule has 2 aromatic rings. The van der Waals surface area contributed by atoms with Gasteiger partial charge in [0.2, 0.25) is 5.91 Å². The fourth-order valence-electron chi connectivity index (χ4n) is 2.44. The number of hydrogen-bond acceptors (Lipinski definition) is 6. The number of carbonyl (C=O) groups excluding carboxylic acids is 3. The van der Waals surface area contributed by atoms with Crippen LogP contribution in [0.5, 0.6) is 0 Å². The summed E-state index contributed by atoms with van der Waals surface area (Å²) < 4.78 is 0. The van der Waals surface area contributed by atoms with E-state index < -0.39 is 24.0 Å². The lowest BCUT2D eigenvalue weighted by Gasteiger charge is -2.19. The zero-order valence-corrected chi connectivity index (χ0v) is 16.2. The summed E-state index contributed by atoms with van der Waals surface area (Å²) in [6, 6.07) is 12.0. The van der Waals surface area contributed by atoms with Gasteiger partial charge in [0.25, 0.3) is 11.8 Å². The molecule has 0 saturated carbocycles. The van der Waals surface area contributed by atoms with E-state index in [1.165, 1.54) is 24.5 Å². The Morgan fingerprint density at radius 3 is 2.33 bits per heavy atom. The van der Waals surface area contributed by atoms with Crippen molar-refractivity contribution >= 4 is 23.4 Å². The van der Waals surface area contributed by atoms with Crippen LogP contribution in [0, 0.1) is 11.8 Å². The molecule has 9 heteroatoms. The quantitative estimate of drug-likeness (QED) is 0.223. The lowest BCUT2D eigenvalue weighted by Crippen LogP contribution is -2.51. The maximum atomic E-state index is 12.3. The van der Waals surface area contributed by atoms with Crippen LogP contribution in [0.4, 0.5) is 5.69 Å². The molecule has 0 unspecified atom stereocenters. The Morgan fingerprint density at radius 1 is 1.07 bits per heavy atom. The molecule has 30 heavy (non-hydrogen) atoms. The summed E-state index contributed by atoms with van der Waals surface area (Å²) in [4.78, 5) is 35.1. The SMILES string of the molecule is C[C@@H](O)[C@H](NC(=O)c1ccc(C#Cc2cccc(NC(=O)CN)c2)cc1)C(=O)NO. The van der Waals surface area contributed by atoms with Crippen LogP contribution < -0.4 is 21.8 Å². The molecule has 0 aliphatic carbocycles. The number of amides is 3. The van der Waals surface area contributed by atoms with Crippen molar-refractivity contribution in [3.05, 3.63) is 65.2 Å². The topological polar surface area (TPSA) is 154 Å². The maximum Gasteiger partial charge on any atom is 0.268 e. The first kappa shape index (κ1) is 22.6. The van der Waals surface area contributed by atoms with Crippen LogP contribution in [0.3, 0.4) is 0 Å². The summed E-state index contributed by atoms with van der Waals surface area (Å²) in [5.41, 5.74) is 8.84. The summed E-state index contributed by atoms with van der Waals surface area (Å²) in [6.07, 6.45) is -1.20. The summed E-state index contributed by atoms with van der Waals surface area (Å²) >= 11 is 0. The van der Waals surface area contributed by atoms with E-state index in [4.69, 9.17) is 10.9 Å². The predicted octanol–water partition coefficient (Wildman–Crippen LogP) is -0.0318. The van der Waals surface area contributed by atoms with Gasteiger partial charge in [-0.2, -0.15) is 0 Å². The van der Waals surface area contributed by atoms with Crippen LogP contribution in [-0.4, -0.2) is 46.7 Å². The second-order valence-electron chi connectivity index (χ2n) is 6.33. The molecular weight excluding hydrogens is 388 g/mol. The molecule has 0 spiro atoms. The Kier molecular flexibility index (Phi) is 8.08. The first-order chi connectivity index (χ1) is 14.3. The van der Waals surface area contributed by atoms with Crippen molar-refractivity contribution in [3.8, 4) is 11.8 Å². The lowest BCUT2D eigenvalue weighted by atomic mass is 10.1. The zero-order chi connectivity index (χ0) is 22.1. The number of aliphatic hydroxyl groups excluding tert-OH is 1. The summed E-state index contributed by atoms with van der Waals surface area (Å²) in [7, 11) is 0. The average molecular weight is 410 g/mol. The number of aliphatic hydroxyl groups is 1. The number of carbonyl (C=O) groups is 3. The van der Waals surface area contributed by atoms with Crippen molar-refractivity contribution in [1.82, 2.24) is 10.8 Å². The third-order valence-electron chi connectivity index (χ3n) is 3.99. The highest BCUT2D eigenvalue weighted by molar-refractivity contribution is 5.97. The molecule has 0 aliphatic heterocycles. The largest absolute Gasteiger partial charge is 0.391 e. The molecule has 3 amide bonds. The molecule has 2 rings (SSSR count). The molecule has 2 aromatic carbocycles. The number of hydroxylamine groups is 1. The van der Waals surface area contributed by atoms with Gasteiger partial charge in [-0.15, -0.1) is 0 Å². The molecular formula is C21H22N4O5. The molecule has 0 saturated heterocycles. The fourth-order valence-corrected chi connectivity index (χ4v) is 2.44. The van der Waals surface area contributed by atoms with Gasteiger partial charge in [0.05, 0.1) is 12.6 Å². The van der Waals surface area contributed by atoms with Gasteiger partial charge in [-0.3, -0.25) is 19.6 Å². The minimum Gasteiger partial charge on any atom is -0.391 e. The predicted molar refractivity (Wildman–Crippen MR) is 109 cm³/mol. The van der Waals surface area contributed by atoms with Crippen LogP contribution in [0.25, 0.3) is 0 Å². The summed E-state index contributed by atoms with van der Waals surface area (Å²) in [5, 5.41) is 23.3.